The predicted octanol–water partition coefficient (Wildman–Crippen LogP) is 3.98. The van der Waals surface area contributed by atoms with E-state index in [2.05, 4.69) is 6.07 Å². The molecule has 0 atom stereocenters. The summed E-state index contributed by atoms with van der Waals surface area (Å²) in [6.45, 7) is 2.53. The molecule has 6 heteroatoms. The highest BCUT2D eigenvalue weighted by Crippen LogP contribution is 2.46. The number of piperidine rings is 1. The zero-order chi connectivity index (χ0) is 21.4. The van der Waals surface area contributed by atoms with Crippen LogP contribution in [0.2, 0.25) is 0 Å². The molecule has 2 aliphatic rings. The number of carbonyl (C=O) groups excluding carboxylic acids is 1. The molecule has 31 heavy (non-hydrogen) atoms. The van der Waals surface area contributed by atoms with Gasteiger partial charge in [-0.2, -0.15) is 0 Å². The molecule has 0 bridgehead atoms. The topological polar surface area (TPSA) is 77.9 Å². The van der Waals surface area contributed by atoms with Gasteiger partial charge >= 0.3 is 0 Å². The number of hydrogen-bond acceptors (Lipinski definition) is 5. The van der Waals surface area contributed by atoms with Crippen LogP contribution in [0, 0.1) is 0 Å². The number of rotatable bonds is 4. The summed E-state index contributed by atoms with van der Waals surface area (Å²) in [5.41, 5.74) is 9.07. The second kappa shape index (κ2) is 7.78. The van der Waals surface area contributed by atoms with Crippen LogP contribution in [0.25, 0.3) is 11.3 Å². The van der Waals surface area contributed by atoms with Crippen molar-refractivity contribution in [1.82, 2.24) is 4.90 Å². The molecule has 2 aromatic carbocycles. The van der Waals surface area contributed by atoms with Crippen molar-refractivity contribution in [3.8, 4) is 22.8 Å². The third-order valence-corrected chi connectivity index (χ3v) is 6.55. The molecule has 1 aromatic heterocycles. The molecule has 0 unspecified atom stereocenters. The molecule has 1 fully saturated rings. The molecular formula is C25H26N2O4. The molecule has 1 saturated heterocycles. The van der Waals surface area contributed by atoms with Crippen LogP contribution in [0.4, 0.5) is 0 Å². The molecule has 160 valence electrons. The summed E-state index contributed by atoms with van der Waals surface area (Å²) in [5.74, 6) is 2.71. The Morgan fingerprint density at radius 3 is 2.58 bits per heavy atom. The molecule has 1 amide bonds. The van der Waals surface area contributed by atoms with Gasteiger partial charge in [-0.1, -0.05) is 12.1 Å². The van der Waals surface area contributed by atoms with E-state index in [0.29, 0.717) is 37.8 Å². The van der Waals surface area contributed by atoms with Gasteiger partial charge in [0.05, 0.1) is 13.7 Å². The number of benzene rings is 2. The van der Waals surface area contributed by atoms with E-state index >= 15 is 0 Å². The number of nitrogens with zero attached hydrogens (tertiary/aromatic N) is 1. The van der Waals surface area contributed by atoms with Crippen LogP contribution >= 0.6 is 0 Å². The number of ether oxygens (including phenoxy) is 2. The number of fused-ring (bicyclic) bond motifs is 2. The Kier molecular flexibility index (Phi) is 4.94. The second-order valence-corrected chi connectivity index (χ2v) is 8.29. The molecule has 0 saturated carbocycles. The molecule has 3 heterocycles. The summed E-state index contributed by atoms with van der Waals surface area (Å²) in [7, 11) is 1.63. The number of hydrogen-bond donors (Lipinski definition) is 1. The summed E-state index contributed by atoms with van der Waals surface area (Å²) in [4.78, 5) is 14.9. The normalized spacial score (nSPS) is 16.8. The van der Waals surface area contributed by atoms with E-state index in [0.717, 1.165) is 35.5 Å². The zero-order valence-electron chi connectivity index (χ0n) is 17.6. The van der Waals surface area contributed by atoms with Crippen molar-refractivity contribution < 1.29 is 18.7 Å². The average molecular weight is 418 g/mol. The highest BCUT2D eigenvalue weighted by Gasteiger charge is 2.44. The lowest BCUT2D eigenvalue weighted by molar-refractivity contribution is 0.0616. The number of carbonyl (C=O) groups is 1. The van der Waals surface area contributed by atoms with Gasteiger partial charge in [0.25, 0.3) is 5.91 Å². The minimum Gasteiger partial charge on any atom is -0.497 e. The first-order chi connectivity index (χ1) is 15.1. The van der Waals surface area contributed by atoms with E-state index in [1.807, 2.05) is 47.4 Å². The first-order valence-corrected chi connectivity index (χ1v) is 10.6. The Morgan fingerprint density at radius 2 is 1.87 bits per heavy atom. The van der Waals surface area contributed by atoms with E-state index in [1.54, 1.807) is 13.2 Å². The minimum atomic E-state index is -0.0653. The number of likely N-dealkylation sites (tertiary alicyclic amines) is 1. The summed E-state index contributed by atoms with van der Waals surface area (Å²) in [5, 5.41) is 0. The number of amides is 1. The Hall–Kier alpha value is -3.25. The maximum Gasteiger partial charge on any atom is 0.289 e. The van der Waals surface area contributed by atoms with Gasteiger partial charge in [0.15, 0.2) is 5.76 Å². The van der Waals surface area contributed by atoms with Gasteiger partial charge in [-0.25, -0.2) is 0 Å². The van der Waals surface area contributed by atoms with Crippen LogP contribution in [0.15, 0.2) is 59.0 Å². The molecule has 0 radical (unpaired) electrons. The maximum atomic E-state index is 13.1. The van der Waals surface area contributed by atoms with Crippen LogP contribution in [0.5, 0.6) is 11.5 Å². The number of furan rings is 1. The molecule has 0 aliphatic carbocycles. The van der Waals surface area contributed by atoms with E-state index in [-0.39, 0.29) is 11.3 Å². The molecule has 2 N–H and O–H groups in total. The van der Waals surface area contributed by atoms with Crippen LogP contribution in [-0.4, -0.2) is 37.6 Å². The van der Waals surface area contributed by atoms with Crippen LogP contribution < -0.4 is 15.2 Å². The van der Waals surface area contributed by atoms with Crippen LogP contribution in [0.3, 0.4) is 0 Å². The maximum absolute atomic E-state index is 13.1. The van der Waals surface area contributed by atoms with Gasteiger partial charge in [0.1, 0.15) is 17.3 Å². The lowest BCUT2D eigenvalue weighted by Gasteiger charge is -2.38. The molecule has 6 nitrogen and oxygen atoms in total. The smallest absolute Gasteiger partial charge is 0.289 e. The van der Waals surface area contributed by atoms with Crippen molar-refractivity contribution in [2.24, 2.45) is 5.73 Å². The van der Waals surface area contributed by atoms with Gasteiger partial charge in [-0.15, -0.1) is 0 Å². The average Bonchev–Trinajstić information content (AvgIpc) is 3.45. The third-order valence-electron chi connectivity index (χ3n) is 6.55. The summed E-state index contributed by atoms with van der Waals surface area (Å²) in [6, 6.07) is 17.4. The highest BCUT2D eigenvalue weighted by molar-refractivity contribution is 5.92. The molecule has 5 rings (SSSR count). The Bertz CT molecular complexity index is 1090. The SMILES string of the molecule is COc1ccc(-c2ccc(C(=O)N3CCC4(CC3)COc3ccc(CN)cc34)o2)cc1. The van der Waals surface area contributed by atoms with Gasteiger partial charge in [0.2, 0.25) is 0 Å². The van der Waals surface area contributed by atoms with E-state index in [9.17, 15) is 4.79 Å². The highest BCUT2D eigenvalue weighted by atomic mass is 16.5. The first-order valence-electron chi connectivity index (χ1n) is 10.6. The van der Waals surface area contributed by atoms with Crippen LogP contribution in [-0.2, 0) is 12.0 Å². The summed E-state index contributed by atoms with van der Waals surface area (Å²) >= 11 is 0. The largest absolute Gasteiger partial charge is 0.497 e. The van der Waals surface area contributed by atoms with Gasteiger partial charge in [-0.05, 0) is 60.9 Å². The summed E-state index contributed by atoms with van der Waals surface area (Å²) in [6.07, 6.45) is 1.73. The van der Waals surface area contributed by atoms with E-state index in [4.69, 9.17) is 19.6 Å². The van der Waals surface area contributed by atoms with Crippen molar-refractivity contribution in [3.05, 3.63) is 71.5 Å². The third kappa shape index (κ3) is 3.47. The zero-order valence-corrected chi connectivity index (χ0v) is 17.6. The standard InChI is InChI=1S/C25H26N2O4/c1-29-19-5-3-18(4-6-19)21-8-9-23(31-21)24(28)27-12-10-25(11-13-27)16-30-22-7-2-17(15-26)14-20(22)25/h2-9,14H,10-13,15-16,26H2,1H3. The van der Waals surface area contributed by atoms with E-state index in [1.165, 1.54) is 5.56 Å². The summed E-state index contributed by atoms with van der Waals surface area (Å²) < 4.78 is 17.1. The van der Waals surface area contributed by atoms with Crippen molar-refractivity contribution >= 4 is 5.91 Å². The Labute approximate surface area is 181 Å². The Morgan fingerprint density at radius 1 is 1.10 bits per heavy atom. The fourth-order valence-corrected chi connectivity index (χ4v) is 4.61. The van der Waals surface area contributed by atoms with Gasteiger partial charge in [0, 0.05) is 36.2 Å². The van der Waals surface area contributed by atoms with Crippen molar-refractivity contribution in [2.45, 2.75) is 24.8 Å². The minimum absolute atomic E-state index is 0.0330. The fraction of sp³-hybridized carbons (Fsp3) is 0.320. The second-order valence-electron chi connectivity index (χ2n) is 8.29. The van der Waals surface area contributed by atoms with Crippen molar-refractivity contribution in [2.75, 3.05) is 26.8 Å². The van der Waals surface area contributed by atoms with Gasteiger partial charge in [-0.3, -0.25) is 4.79 Å². The molecule has 2 aliphatic heterocycles. The quantitative estimate of drug-likeness (QED) is 0.693. The lowest BCUT2D eigenvalue weighted by atomic mass is 9.74. The number of methoxy groups -OCH3 is 1. The fourth-order valence-electron chi connectivity index (χ4n) is 4.61. The van der Waals surface area contributed by atoms with E-state index < -0.39 is 0 Å². The number of nitrogens with two attached hydrogens (primary N) is 1. The van der Waals surface area contributed by atoms with Crippen molar-refractivity contribution in [1.29, 1.82) is 0 Å². The molecule has 1 spiro atoms. The lowest BCUT2D eigenvalue weighted by Crippen LogP contribution is -2.46. The monoisotopic (exact) mass is 418 g/mol. The first kappa shape index (κ1) is 19.7. The molecule has 3 aromatic rings. The molecular weight excluding hydrogens is 392 g/mol. The van der Waals surface area contributed by atoms with Crippen molar-refractivity contribution in [3.63, 3.8) is 0 Å². The van der Waals surface area contributed by atoms with Gasteiger partial charge < -0.3 is 24.5 Å². The predicted molar refractivity (Wildman–Crippen MR) is 117 cm³/mol. The van der Waals surface area contributed by atoms with Crippen LogP contribution in [0.1, 0.15) is 34.5 Å². The Balaban J connectivity index is 1.29.